The zero-order valence-electron chi connectivity index (χ0n) is 14.0. The molecule has 26 heavy (non-hydrogen) atoms. The lowest BCUT2D eigenvalue weighted by molar-refractivity contribution is -0.141. The molecule has 0 bridgehead atoms. The number of nitrogens with zero attached hydrogens (tertiary/aromatic N) is 2. The molecule has 1 amide bonds. The molecule has 0 radical (unpaired) electrons. The monoisotopic (exact) mass is 375 g/mol. The minimum Gasteiger partial charge on any atom is -0.469 e. The molecule has 0 aliphatic heterocycles. The number of ether oxygens (including phenoxy) is 1. The van der Waals surface area contributed by atoms with Crippen LogP contribution < -0.4 is 5.32 Å². The van der Waals surface area contributed by atoms with E-state index in [0.717, 1.165) is 4.88 Å². The van der Waals surface area contributed by atoms with Crippen LogP contribution >= 0.6 is 11.3 Å². The molecule has 3 heterocycles. The van der Waals surface area contributed by atoms with Crippen LogP contribution in [0.15, 0.2) is 44.8 Å². The fourth-order valence-electron chi connectivity index (χ4n) is 2.31. The summed E-state index contributed by atoms with van der Waals surface area (Å²) in [7, 11) is 1.32. The molecule has 9 heteroatoms. The molecule has 0 saturated carbocycles. The average molecular weight is 375 g/mol. The lowest BCUT2D eigenvalue weighted by atomic mass is 10.1. The number of furan rings is 1. The van der Waals surface area contributed by atoms with E-state index in [9.17, 15) is 9.59 Å². The van der Waals surface area contributed by atoms with Gasteiger partial charge in [0, 0.05) is 17.7 Å². The van der Waals surface area contributed by atoms with Gasteiger partial charge in [-0.3, -0.25) is 9.59 Å². The lowest BCUT2D eigenvalue weighted by Crippen LogP contribution is -2.30. The van der Waals surface area contributed by atoms with Crippen molar-refractivity contribution >= 4 is 23.2 Å². The van der Waals surface area contributed by atoms with E-state index in [-0.39, 0.29) is 31.1 Å². The number of aromatic nitrogens is 2. The molecular formula is C17H17N3O5S. The Morgan fingerprint density at radius 1 is 1.35 bits per heavy atom. The summed E-state index contributed by atoms with van der Waals surface area (Å²) in [5, 5.41) is 8.56. The molecule has 136 valence electrons. The largest absolute Gasteiger partial charge is 0.469 e. The predicted octanol–water partition coefficient (Wildman–Crippen LogP) is 2.74. The van der Waals surface area contributed by atoms with Gasteiger partial charge in [0.25, 0.3) is 0 Å². The average Bonchev–Trinajstić information content (AvgIpc) is 3.41. The Balaban J connectivity index is 1.56. The summed E-state index contributed by atoms with van der Waals surface area (Å²) in [5.41, 5.74) is 0. The Bertz CT molecular complexity index is 842. The van der Waals surface area contributed by atoms with Crippen LogP contribution in [0.5, 0.6) is 0 Å². The molecule has 0 aromatic carbocycles. The van der Waals surface area contributed by atoms with Gasteiger partial charge in [0.1, 0.15) is 0 Å². The van der Waals surface area contributed by atoms with Gasteiger partial charge in [-0.1, -0.05) is 11.2 Å². The lowest BCUT2D eigenvalue weighted by Gasteiger charge is -2.16. The van der Waals surface area contributed by atoms with E-state index < -0.39 is 6.04 Å². The number of carbonyl (C=O) groups is 2. The van der Waals surface area contributed by atoms with Crippen LogP contribution in [0.25, 0.3) is 11.6 Å². The molecule has 3 rings (SSSR count). The highest BCUT2D eigenvalue weighted by Gasteiger charge is 2.20. The Kier molecular flexibility index (Phi) is 5.80. The minimum atomic E-state index is -0.420. The summed E-state index contributed by atoms with van der Waals surface area (Å²) < 4.78 is 15.0. The maximum absolute atomic E-state index is 12.3. The second-order valence-electron chi connectivity index (χ2n) is 5.40. The van der Waals surface area contributed by atoms with E-state index in [1.807, 2.05) is 17.5 Å². The molecule has 0 spiro atoms. The fourth-order valence-corrected chi connectivity index (χ4v) is 3.09. The number of aryl methyl sites for hydroxylation is 1. The highest BCUT2D eigenvalue weighted by molar-refractivity contribution is 7.10. The van der Waals surface area contributed by atoms with Crippen molar-refractivity contribution in [3.8, 4) is 11.6 Å². The molecular weight excluding hydrogens is 358 g/mol. The molecule has 3 aromatic rings. The summed E-state index contributed by atoms with van der Waals surface area (Å²) in [4.78, 5) is 28.9. The maximum atomic E-state index is 12.3. The van der Waals surface area contributed by atoms with Gasteiger partial charge in [0.2, 0.25) is 17.6 Å². The Hall–Kier alpha value is -2.94. The first kappa shape index (κ1) is 17.9. The van der Waals surface area contributed by atoms with Gasteiger partial charge < -0.3 is 19.0 Å². The van der Waals surface area contributed by atoms with Crippen molar-refractivity contribution in [2.24, 2.45) is 0 Å². The number of carbonyl (C=O) groups excluding carboxylic acids is 2. The van der Waals surface area contributed by atoms with Crippen LogP contribution in [0.4, 0.5) is 0 Å². The molecule has 1 atom stereocenters. The number of amides is 1. The van der Waals surface area contributed by atoms with E-state index in [4.69, 9.17) is 13.7 Å². The number of hydrogen-bond acceptors (Lipinski definition) is 8. The van der Waals surface area contributed by atoms with E-state index in [1.165, 1.54) is 24.7 Å². The maximum Gasteiger partial charge on any atom is 0.307 e. The van der Waals surface area contributed by atoms with Gasteiger partial charge in [0.05, 0.1) is 25.8 Å². The minimum absolute atomic E-state index is 0.0753. The van der Waals surface area contributed by atoms with Crippen molar-refractivity contribution in [1.29, 1.82) is 0 Å². The molecule has 0 fully saturated rings. The Morgan fingerprint density at radius 2 is 2.23 bits per heavy atom. The van der Waals surface area contributed by atoms with Gasteiger partial charge >= 0.3 is 5.97 Å². The van der Waals surface area contributed by atoms with Crippen molar-refractivity contribution in [2.75, 3.05) is 7.11 Å². The van der Waals surface area contributed by atoms with Crippen molar-refractivity contribution in [1.82, 2.24) is 15.5 Å². The summed E-state index contributed by atoms with van der Waals surface area (Å²) in [5.74, 6) is 0.578. The first-order valence-electron chi connectivity index (χ1n) is 7.91. The van der Waals surface area contributed by atoms with Gasteiger partial charge in [-0.25, -0.2) is 0 Å². The van der Waals surface area contributed by atoms with Crippen molar-refractivity contribution in [3.05, 3.63) is 46.7 Å². The zero-order chi connectivity index (χ0) is 18.4. The quantitative estimate of drug-likeness (QED) is 0.603. The van der Waals surface area contributed by atoms with Crippen LogP contribution in [-0.2, 0) is 20.7 Å². The topological polar surface area (TPSA) is 107 Å². The number of methoxy groups -OCH3 is 1. The summed E-state index contributed by atoms with van der Waals surface area (Å²) >= 11 is 1.47. The van der Waals surface area contributed by atoms with Crippen molar-refractivity contribution in [2.45, 2.75) is 25.3 Å². The molecule has 1 N–H and O–H groups in total. The molecule has 8 nitrogen and oxygen atoms in total. The normalized spacial score (nSPS) is 11.9. The second-order valence-corrected chi connectivity index (χ2v) is 6.38. The molecule has 0 saturated heterocycles. The van der Waals surface area contributed by atoms with Crippen molar-refractivity contribution in [3.63, 3.8) is 0 Å². The highest BCUT2D eigenvalue weighted by atomic mass is 32.1. The zero-order valence-corrected chi connectivity index (χ0v) is 14.8. The van der Waals surface area contributed by atoms with E-state index in [2.05, 4.69) is 15.5 Å². The van der Waals surface area contributed by atoms with Crippen LogP contribution in [-0.4, -0.2) is 29.1 Å². The summed E-state index contributed by atoms with van der Waals surface area (Å²) in [6.07, 6.45) is 2.04. The van der Waals surface area contributed by atoms with Gasteiger partial charge in [-0.2, -0.15) is 4.98 Å². The highest BCUT2D eigenvalue weighted by Crippen LogP contribution is 2.23. The molecule has 3 aromatic heterocycles. The number of thiophene rings is 1. The van der Waals surface area contributed by atoms with E-state index in [1.54, 1.807) is 12.1 Å². The summed E-state index contributed by atoms with van der Waals surface area (Å²) in [6.45, 7) is 0. The summed E-state index contributed by atoms with van der Waals surface area (Å²) in [6, 6.07) is 6.76. The smallest absolute Gasteiger partial charge is 0.307 e. The van der Waals surface area contributed by atoms with Crippen LogP contribution in [0.2, 0.25) is 0 Å². The van der Waals surface area contributed by atoms with Gasteiger partial charge in [-0.05, 0) is 23.6 Å². The van der Waals surface area contributed by atoms with Crippen molar-refractivity contribution < 1.29 is 23.3 Å². The van der Waals surface area contributed by atoms with Crippen LogP contribution in [0, 0.1) is 0 Å². The van der Waals surface area contributed by atoms with Crippen LogP contribution in [0.1, 0.15) is 29.7 Å². The fraction of sp³-hybridized carbons (Fsp3) is 0.294. The number of hydrogen-bond donors (Lipinski definition) is 1. The SMILES string of the molecule is COC(=O)C[C@H](NC(=O)CCc1nc(-c2ccco2)no1)c1cccs1. The number of rotatable bonds is 8. The predicted molar refractivity (Wildman–Crippen MR) is 92.2 cm³/mol. The standard InChI is InChI=1S/C17H17N3O5S/c1-23-16(22)10-11(13-5-3-9-26-13)18-14(21)6-7-15-19-17(20-25-15)12-4-2-8-24-12/h2-5,8-9,11H,6-7,10H2,1H3,(H,18,21)/t11-/m0/s1. The van der Waals surface area contributed by atoms with E-state index in [0.29, 0.717) is 17.5 Å². The Labute approximate surface area is 153 Å². The first-order valence-corrected chi connectivity index (χ1v) is 8.79. The Morgan fingerprint density at radius 3 is 2.92 bits per heavy atom. The molecule has 0 unspecified atom stereocenters. The molecule has 0 aliphatic carbocycles. The third-order valence-corrected chi connectivity index (χ3v) is 4.58. The number of esters is 1. The second kappa shape index (κ2) is 8.43. The first-order chi connectivity index (χ1) is 12.7. The van der Waals surface area contributed by atoms with E-state index >= 15 is 0 Å². The third-order valence-electron chi connectivity index (χ3n) is 3.60. The van der Waals surface area contributed by atoms with Crippen LogP contribution in [0.3, 0.4) is 0 Å². The third kappa shape index (κ3) is 4.57. The number of nitrogens with one attached hydrogen (secondary N) is 1. The van der Waals surface area contributed by atoms with Gasteiger partial charge in [-0.15, -0.1) is 11.3 Å². The van der Waals surface area contributed by atoms with Gasteiger partial charge in [0.15, 0.2) is 5.76 Å². The molecule has 0 aliphatic rings.